The number of aromatic nitrogens is 4. The number of benzene rings is 3. The zero-order valence-corrected chi connectivity index (χ0v) is 18.0. The van der Waals surface area contributed by atoms with Crippen molar-refractivity contribution in [1.29, 1.82) is 0 Å². The first-order chi connectivity index (χ1) is 15.0. The molecule has 8 heteroatoms. The van der Waals surface area contributed by atoms with E-state index in [1.54, 1.807) is 16.9 Å². The highest BCUT2D eigenvalue weighted by Gasteiger charge is 2.21. The van der Waals surface area contributed by atoms with Gasteiger partial charge in [0.25, 0.3) is 5.56 Å². The fourth-order valence-corrected chi connectivity index (χ4v) is 4.69. The average Bonchev–Trinajstić information content (AvgIpc) is 3.15. The summed E-state index contributed by atoms with van der Waals surface area (Å²) in [5, 5.41) is 15.3. The molecule has 0 atom stereocenters. The third-order valence-electron chi connectivity index (χ3n) is 5.49. The number of aryl methyl sites for hydroxylation is 1. The van der Waals surface area contributed by atoms with Gasteiger partial charge < -0.3 is 5.73 Å². The van der Waals surface area contributed by atoms with E-state index in [0.717, 1.165) is 27.6 Å². The molecule has 0 amide bonds. The minimum atomic E-state index is -0.259. The predicted octanol–water partition coefficient (Wildman–Crippen LogP) is 4.91. The minimum Gasteiger partial charge on any atom is -0.325 e. The van der Waals surface area contributed by atoms with Gasteiger partial charge in [0.1, 0.15) is 0 Å². The highest BCUT2D eigenvalue weighted by Crippen LogP contribution is 2.43. The van der Waals surface area contributed by atoms with Crippen LogP contribution in [-0.2, 0) is 13.6 Å². The molecule has 0 aliphatic rings. The zero-order valence-electron chi connectivity index (χ0n) is 16.5. The highest BCUT2D eigenvalue weighted by atomic mass is 35.5. The molecule has 0 spiro atoms. The van der Waals surface area contributed by atoms with Gasteiger partial charge in [-0.2, -0.15) is 10.2 Å². The molecular weight excluding hydrogens is 433 g/mol. The molecular formula is C23H17Cl2N5O. The van der Waals surface area contributed by atoms with Crippen molar-refractivity contribution in [3.8, 4) is 22.4 Å². The number of rotatable bonds is 3. The molecule has 5 rings (SSSR count). The molecule has 0 saturated heterocycles. The number of hydrogen-bond acceptors (Lipinski definition) is 4. The second-order valence-electron chi connectivity index (χ2n) is 7.26. The van der Waals surface area contributed by atoms with Gasteiger partial charge in [0.05, 0.1) is 33.0 Å². The van der Waals surface area contributed by atoms with Crippen LogP contribution in [0.15, 0.2) is 59.5 Å². The lowest BCUT2D eigenvalue weighted by Crippen LogP contribution is -2.13. The van der Waals surface area contributed by atoms with Crippen LogP contribution >= 0.6 is 23.2 Å². The van der Waals surface area contributed by atoms with Crippen LogP contribution < -0.4 is 11.3 Å². The Bertz CT molecular complexity index is 1540. The summed E-state index contributed by atoms with van der Waals surface area (Å²) in [5.74, 6) is 0. The molecule has 0 radical (unpaired) electrons. The van der Waals surface area contributed by atoms with Crippen molar-refractivity contribution in [1.82, 2.24) is 20.0 Å². The molecule has 31 heavy (non-hydrogen) atoms. The summed E-state index contributed by atoms with van der Waals surface area (Å²) in [6.07, 6.45) is 1.76. The fourth-order valence-electron chi connectivity index (χ4n) is 3.98. The molecule has 154 valence electrons. The van der Waals surface area contributed by atoms with E-state index < -0.39 is 0 Å². The number of nitrogens with one attached hydrogen (secondary N) is 1. The van der Waals surface area contributed by atoms with Crippen molar-refractivity contribution in [3.05, 3.63) is 80.8 Å². The Morgan fingerprint density at radius 3 is 2.68 bits per heavy atom. The maximum Gasteiger partial charge on any atom is 0.272 e. The Kier molecular flexibility index (Phi) is 4.78. The lowest BCUT2D eigenvalue weighted by Gasteiger charge is -2.14. The van der Waals surface area contributed by atoms with E-state index in [4.69, 9.17) is 28.9 Å². The number of hydrogen-bond donors (Lipinski definition) is 2. The molecule has 2 aromatic heterocycles. The SMILES string of the molecule is Cn1ncc(-c2ccc3c(=O)[nH]nc(CN)c3c2)c1-c1c(Cl)cc2ccccc2c1Cl. The van der Waals surface area contributed by atoms with Crippen LogP contribution in [0.4, 0.5) is 0 Å². The summed E-state index contributed by atoms with van der Waals surface area (Å²) in [6.45, 7) is 0.207. The molecule has 0 aliphatic carbocycles. The Labute approximate surface area is 187 Å². The van der Waals surface area contributed by atoms with Crippen molar-refractivity contribution in [2.75, 3.05) is 0 Å². The van der Waals surface area contributed by atoms with Gasteiger partial charge in [-0.05, 0) is 29.1 Å². The molecule has 5 aromatic rings. The fraction of sp³-hybridized carbons (Fsp3) is 0.0870. The van der Waals surface area contributed by atoms with E-state index in [-0.39, 0.29) is 12.1 Å². The zero-order chi connectivity index (χ0) is 21.7. The number of halogens is 2. The lowest BCUT2D eigenvalue weighted by atomic mass is 9.97. The minimum absolute atomic E-state index is 0.207. The first kappa shape index (κ1) is 19.8. The summed E-state index contributed by atoms with van der Waals surface area (Å²) in [6, 6.07) is 15.3. The van der Waals surface area contributed by atoms with Gasteiger partial charge in [-0.25, -0.2) is 5.10 Å². The van der Waals surface area contributed by atoms with Crippen LogP contribution in [0.1, 0.15) is 5.69 Å². The molecule has 0 aliphatic heterocycles. The van der Waals surface area contributed by atoms with Crippen molar-refractivity contribution >= 4 is 44.7 Å². The standard InChI is InChI=1S/C23H17Cl2N5O/c1-30-22(20-18(24)9-12-4-2-3-5-14(12)21(20)25)17(11-27-30)13-6-7-15-16(8-13)19(10-26)28-29-23(15)31/h2-9,11H,10,26H2,1H3,(H,29,31). The van der Waals surface area contributed by atoms with Gasteiger partial charge in [0.2, 0.25) is 0 Å². The van der Waals surface area contributed by atoms with Crippen molar-refractivity contribution in [2.45, 2.75) is 6.54 Å². The summed E-state index contributed by atoms with van der Waals surface area (Å²) in [7, 11) is 1.85. The highest BCUT2D eigenvalue weighted by molar-refractivity contribution is 6.43. The van der Waals surface area contributed by atoms with Crippen LogP contribution in [0.25, 0.3) is 43.9 Å². The first-order valence-corrected chi connectivity index (χ1v) is 10.4. The van der Waals surface area contributed by atoms with E-state index in [9.17, 15) is 4.79 Å². The Balaban J connectivity index is 1.79. The predicted molar refractivity (Wildman–Crippen MR) is 125 cm³/mol. The van der Waals surface area contributed by atoms with Gasteiger partial charge in [-0.3, -0.25) is 9.48 Å². The third kappa shape index (κ3) is 3.11. The monoisotopic (exact) mass is 449 g/mol. The molecule has 3 N–H and O–H groups in total. The van der Waals surface area contributed by atoms with Gasteiger partial charge in [0, 0.05) is 35.5 Å². The van der Waals surface area contributed by atoms with Gasteiger partial charge in [0.15, 0.2) is 0 Å². The third-order valence-corrected chi connectivity index (χ3v) is 6.18. The molecule has 0 saturated carbocycles. The summed E-state index contributed by atoms with van der Waals surface area (Å²) >= 11 is 13.5. The number of fused-ring (bicyclic) bond motifs is 2. The van der Waals surface area contributed by atoms with Crippen LogP contribution in [-0.4, -0.2) is 20.0 Å². The molecule has 0 fully saturated rings. The lowest BCUT2D eigenvalue weighted by molar-refractivity contribution is 0.776. The quantitative estimate of drug-likeness (QED) is 0.409. The largest absolute Gasteiger partial charge is 0.325 e. The van der Waals surface area contributed by atoms with Gasteiger partial charge in [-0.15, -0.1) is 0 Å². The van der Waals surface area contributed by atoms with Crippen LogP contribution in [0, 0.1) is 0 Å². The molecule has 6 nitrogen and oxygen atoms in total. The van der Waals surface area contributed by atoms with E-state index in [1.165, 1.54) is 0 Å². The van der Waals surface area contributed by atoms with E-state index in [2.05, 4.69) is 15.3 Å². The number of aromatic amines is 1. The maximum absolute atomic E-state index is 12.2. The molecule has 3 aromatic carbocycles. The van der Waals surface area contributed by atoms with Crippen molar-refractivity contribution in [2.24, 2.45) is 12.8 Å². The number of H-pyrrole nitrogens is 1. The van der Waals surface area contributed by atoms with Gasteiger partial charge >= 0.3 is 0 Å². The van der Waals surface area contributed by atoms with E-state index in [1.807, 2.05) is 49.5 Å². The van der Waals surface area contributed by atoms with Crippen LogP contribution in [0.5, 0.6) is 0 Å². The molecule has 2 heterocycles. The second kappa shape index (κ2) is 7.50. The molecule has 0 bridgehead atoms. The van der Waals surface area contributed by atoms with Crippen molar-refractivity contribution < 1.29 is 0 Å². The van der Waals surface area contributed by atoms with E-state index in [0.29, 0.717) is 32.1 Å². The summed E-state index contributed by atoms with van der Waals surface area (Å²) in [4.78, 5) is 12.2. The average molecular weight is 450 g/mol. The smallest absolute Gasteiger partial charge is 0.272 e. The normalized spacial score (nSPS) is 11.5. The van der Waals surface area contributed by atoms with Gasteiger partial charge in [-0.1, -0.05) is 53.5 Å². The molecule has 0 unspecified atom stereocenters. The van der Waals surface area contributed by atoms with Crippen LogP contribution in [0.3, 0.4) is 0 Å². The first-order valence-electron chi connectivity index (χ1n) is 9.60. The summed E-state index contributed by atoms with van der Waals surface area (Å²) in [5.41, 5.74) is 9.38. The number of nitrogens with two attached hydrogens (primary N) is 1. The number of nitrogens with zero attached hydrogens (tertiary/aromatic N) is 3. The Hall–Kier alpha value is -3.19. The topological polar surface area (TPSA) is 89.6 Å². The maximum atomic E-state index is 12.2. The Morgan fingerprint density at radius 1 is 1.06 bits per heavy atom. The van der Waals surface area contributed by atoms with Crippen LogP contribution in [0.2, 0.25) is 10.0 Å². The summed E-state index contributed by atoms with van der Waals surface area (Å²) < 4.78 is 1.75. The van der Waals surface area contributed by atoms with E-state index >= 15 is 0 Å². The second-order valence-corrected chi connectivity index (χ2v) is 8.05. The Morgan fingerprint density at radius 2 is 1.87 bits per heavy atom. The van der Waals surface area contributed by atoms with Crippen molar-refractivity contribution in [3.63, 3.8) is 0 Å².